The number of carbonyl (C=O) groups is 2. The fraction of sp³-hybridized carbons (Fsp3) is 0.273. The summed E-state index contributed by atoms with van der Waals surface area (Å²) in [6, 6.07) is 4.86. The lowest BCUT2D eigenvalue weighted by Gasteiger charge is -2.19. The lowest BCUT2D eigenvalue weighted by molar-refractivity contribution is -0.137. The number of likely N-dealkylation sites (N-methyl/N-ethyl adjacent to an activating group) is 1. The first-order valence-electron chi connectivity index (χ1n) is 4.91. The van der Waals surface area contributed by atoms with Gasteiger partial charge in [-0.1, -0.05) is 27.5 Å². The van der Waals surface area contributed by atoms with Crippen LogP contribution in [0.15, 0.2) is 22.7 Å². The molecule has 17 heavy (non-hydrogen) atoms. The molecule has 0 aliphatic rings. The van der Waals surface area contributed by atoms with E-state index >= 15 is 0 Å². The van der Waals surface area contributed by atoms with E-state index in [-0.39, 0.29) is 12.5 Å². The molecule has 1 aromatic carbocycles. The molecule has 1 rings (SSSR count). The van der Waals surface area contributed by atoms with Gasteiger partial charge in [-0.15, -0.1) is 0 Å². The highest BCUT2D eigenvalue weighted by molar-refractivity contribution is 9.10. The van der Waals surface area contributed by atoms with Gasteiger partial charge in [-0.05, 0) is 25.1 Å². The monoisotopic (exact) mass is 319 g/mol. The Morgan fingerprint density at radius 1 is 1.47 bits per heavy atom. The van der Waals surface area contributed by atoms with Crippen LogP contribution in [0.2, 0.25) is 5.02 Å². The third-order valence-electron chi connectivity index (χ3n) is 2.16. The fourth-order valence-corrected chi connectivity index (χ4v) is 2.08. The van der Waals surface area contributed by atoms with E-state index in [4.69, 9.17) is 16.7 Å². The number of rotatable bonds is 4. The Hall–Kier alpha value is -1.07. The SMILES string of the molecule is CCN(CC(=O)O)C(=O)c1ccc(Br)cc1Cl. The Bertz CT molecular complexity index is 450. The van der Waals surface area contributed by atoms with Crippen LogP contribution in [0.4, 0.5) is 0 Å². The van der Waals surface area contributed by atoms with E-state index in [0.717, 1.165) is 4.47 Å². The molecule has 4 nitrogen and oxygen atoms in total. The zero-order chi connectivity index (χ0) is 13.0. The molecule has 92 valence electrons. The molecule has 0 unspecified atom stereocenters. The summed E-state index contributed by atoms with van der Waals surface area (Å²) >= 11 is 9.17. The summed E-state index contributed by atoms with van der Waals surface area (Å²) in [4.78, 5) is 23.8. The Labute approximate surface area is 112 Å². The number of benzene rings is 1. The maximum atomic E-state index is 12.0. The Morgan fingerprint density at radius 3 is 2.59 bits per heavy atom. The summed E-state index contributed by atoms with van der Waals surface area (Å²) < 4.78 is 0.764. The van der Waals surface area contributed by atoms with Crippen molar-refractivity contribution in [2.75, 3.05) is 13.1 Å². The number of hydrogen-bond acceptors (Lipinski definition) is 2. The van der Waals surface area contributed by atoms with Gasteiger partial charge in [0.05, 0.1) is 10.6 Å². The number of carboxylic acids is 1. The second-order valence-electron chi connectivity index (χ2n) is 3.34. The molecule has 0 fully saturated rings. The first-order valence-corrected chi connectivity index (χ1v) is 6.09. The van der Waals surface area contributed by atoms with Crippen molar-refractivity contribution >= 4 is 39.4 Å². The minimum Gasteiger partial charge on any atom is -0.480 e. The Balaban J connectivity index is 2.97. The van der Waals surface area contributed by atoms with E-state index < -0.39 is 5.97 Å². The molecule has 1 amide bonds. The summed E-state index contributed by atoms with van der Waals surface area (Å²) in [5.41, 5.74) is 0.304. The normalized spacial score (nSPS) is 10.1. The predicted octanol–water partition coefficient (Wildman–Crippen LogP) is 2.65. The average molecular weight is 321 g/mol. The van der Waals surface area contributed by atoms with Crippen LogP contribution in [0.1, 0.15) is 17.3 Å². The van der Waals surface area contributed by atoms with E-state index in [1.807, 2.05) is 0 Å². The molecule has 0 spiro atoms. The molecule has 0 atom stereocenters. The lowest BCUT2D eigenvalue weighted by atomic mass is 10.2. The molecule has 0 aliphatic carbocycles. The Kier molecular flexibility index (Phi) is 4.96. The second-order valence-corrected chi connectivity index (χ2v) is 4.66. The van der Waals surface area contributed by atoms with E-state index in [2.05, 4.69) is 15.9 Å². The van der Waals surface area contributed by atoms with Gasteiger partial charge >= 0.3 is 5.97 Å². The highest BCUT2D eigenvalue weighted by Gasteiger charge is 2.19. The molecular formula is C11H11BrClNO3. The van der Waals surface area contributed by atoms with Gasteiger partial charge < -0.3 is 10.0 Å². The van der Waals surface area contributed by atoms with Crippen LogP contribution in [-0.4, -0.2) is 35.0 Å². The minimum atomic E-state index is -1.05. The summed E-state index contributed by atoms with van der Waals surface area (Å²) in [6.45, 7) is 1.70. The smallest absolute Gasteiger partial charge is 0.323 e. The van der Waals surface area contributed by atoms with E-state index in [1.54, 1.807) is 25.1 Å². The van der Waals surface area contributed by atoms with Gasteiger partial charge in [-0.25, -0.2) is 0 Å². The number of aliphatic carboxylic acids is 1. The molecule has 6 heteroatoms. The predicted molar refractivity (Wildman–Crippen MR) is 68.4 cm³/mol. The zero-order valence-corrected chi connectivity index (χ0v) is 11.5. The van der Waals surface area contributed by atoms with Gasteiger partial charge in [0.1, 0.15) is 6.54 Å². The van der Waals surface area contributed by atoms with Crippen LogP contribution in [0.3, 0.4) is 0 Å². The first-order chi connectivity index (χ1) is 7.95. The standard InChI is InChI=1S/C11H11BrClNO3/c1-2-14(6-10(15)16)11(17)8-4-3-7(12)5-9(8)13/h3-5H,2,6H2,1H3,(H,15,16). The number of carboxylic acid groups (broad SMARTS) is 1. The van der Waals surface area contributed by atoms with E-state index in [9.17, 15) is 9.59 Å². The van der Waals surface area contributed by atoms with Gasteiger partial charge in [0, 0.05) is 11.0 Å². The van der Waals surface area contributed by atoms with Crippen LogP contribution in [-0.2, 0) is 4.79 Å². The van der Waals surface area contributed by atoms with Gasteiger partial charge in [0.2, 0.25) is 0 Å². The van der Waals surface area contributed by atoms with Crippen LogP contribution in [0.5, 0.6) is 0 Å². The molecule has 0 bridgehead atoms. The Morgan fingerprint density at radius 2 is 2.12 bits per heavy atom. The quantitative estimate of drug-likeness (QED) is 0.928. The lowest BCUT2D eigenvalue weighted by Crippen LogP contribution is -2.35. The summed E-state index contributed by atoms with van der Waals surface area (Å²) in [5.74, 6) is -1.43. The highest BCUT2D eigenvalue weighted by Crippen LogP contribution is 2.22. The van der Waals surface area contributed by atoms with E-state index in [0.29, 0.717) is 17.1 Å². The minimum absolute atomic E-state index is 0.299. The van der Waals surface area contributed by atoms with Gasteiger partial charge in [-0.3, -0.25) is 9.59 Å². The van der Waals surface area contributed by atoms with Crippen LogP contribution < -0.4 is 0 Å². The van der Waals surface area contributed by atoms with Crippen molar-refractivity contribution in [1.82, 2.24) is 4.90 Å². The number of hydrogen-bond donors (Lipinski definition) is 1. The molecule has 0 radical (unpaired) electrons. The van der Waals surface area contributed by atoms with Gasteiger partial charge in [0.15, 0.2) is 0 Å². The molecule has 0 aromatic heterocycles. The van der Waals surface area contributed by atoms with E-state index in [1.165, 1.54) is 4.90 Å². The largest absolute Gasteiger partial charge is 0.480 e. The maximum Gasteiger partial charge on any atom is 0.323 e. The van der Waals surface area contributed by atoms with Crippen molar-refractivity contribution in [2.24, 2.45) is 0 Å². The van der Waals surface area contributed by atoms with Crippen LogP contribution >= 0.6 is 27.5 Å². The van der Waals surface area contributed by atoms with Crippen molar-refractivity contribution in [3.05, 3.63) is 33.3 Å². The molecular weight excluding hydrogens is 309 g/mol. The van der Waals surface area contributed by atoms with Gasteiger partial charge in [-0.2, -0.15) is 0 Å². The summed E-state index contributed by atoms with van der Waals surface area (Å²) in [5, 5.41) is 8.99. The second kappa shape index (κ2) is 6.02. The average Bonchev–Trinajstić information content (AvgIpc) is 2.24. The van der Waals surface area contributed by atoms with Crippen molar-refractivity contribution in [3.8, 4) is 0 Å². The third kappa shape index (κ3) is 3.71. The van der Waals surface area contributed by atoms with Crippen molar-refractivity contribution < 1.29 is 14.7 Å². The third-order valence-corrected chi connectivity index (χ3v) is 2.96. The molecule has 0 saturated carbocycles. The topological polar surface area (TPSA) is 57.6 Å². The summed E-state index contributed by atoms with van der Waals surface area (Å²) in [7, 11) is 0. The van der Waals surface area contributed by atoms with Gasteiger partial charge in [0.25, 0.3) is 5.91 Å². The van der Waals surface area contributed by atoms with Crippen molar-refractivity contribution in [1.29, 1.82) is 0 Å². The first kappa shape index (κ1) is 14.0. The highest BCUT2D eigenvalue weighted by atomic mass is 79.9. The summed E-state index contributed by atoms with van der Waals surface area (Å²) in [6.07, 6.45) is 0. The zero-order valence-electron chi connectivity index (χ0n) is 9.11. The molecule has 1 aromatic rings. The number of amides is 1. The number of carbonyl (C=O) groups excluding carboxylic acids is 1. The van der Waals surface area contributed by atoms with Crippen molar-refractivity contribution in [2.45, 2.75) is 6.92 Å². The van der Waals surface area contributed by atoms with Crippen LogP contribution in [0.25, 0.3) is 0 Å². The molecule has 0 aliphatic heterocycles. The van der Waals surface area contributed by atoms with Crippen molar-refractivity contribution in [3.63, 3.8) is 0 Å². The molecule has 0 saturated heterocycles. The number of nitrogens with zero attached hydrogens (tertiary/aromatic N) is 1. The van der Waals surface area contributed by atoms with Crippen LogP contribution in [0, 0.1) is 0 Å². The fourth-order valence-electron chi connectivity index (χ4n) is 1.32. The molecule has 0 heterocycles. The number of halogens is 2. The maximum absolute atomic E-state index is 12.0. The molecule has 1 N–H and O–H groups in total.